The number of hydrogen-bond acceptors (Lipinski definition) is 8. The Morgan fingerprint density at radius 1 is 1.09 bits per heavy atom. The number of nitrogens with zero attached hydrogens (tertiary/aromatic N) is 1. The molecule has 2 heterocycles. The number of carbonyl (C=O) groups excluding carboxylic acids is 2. The zero-order chi connectivity index (χ0) is 22.6. The molecule has 0 aromatic heterocycles. The Morgan fingerprint density at radius 2 is 1.91 bits per heavy atom. The van der Waals surface area contributed by atoms with Crippen LogP contribution in [0.15, 0.2) is 24.3 Å². The summed E-state index contributed by atoms with van der Waals surface area (Å²) in [7, 11) is 3.58. The zero-order valence-electron chi connectivity index (χ0n) is 18.5. The summed E-state index contributed by atoms with van der Waals surface area (Å²) in [5, 5.41) is 0. The molecule has 2 aromatic carbocycles. The fourth-order valence-corrected chi connectivity index (χ4v) is 5.29. The van der Waals surface area contributed by atoms with Crippen molar-refractivity contribution in [3.05, 3.63) is 46.5 Å². The van der Waals surface area contributed by atoms with E-state index in [4.69, 9.17) is 23.7 Å². The van der Waals surface area contributed by atoms with Crippen LogP contribution in [-0.2, 0) is 32.7 Å². The predicted molar refractivity (Wildman–Crippen MR) is 113 cm³/mol. The fraction of sp³-hybridized carbons (Fsp3) is 0.417. The van der Waals surface area contributed by atoms with Crippen LogP contribution >= 0.6 is 0 Å². The topological polar surface area (TPSA) is 83.5 Å². The monoisotopic (exact) mass is 439 g/mol. The van der Waals surface area contributed by atoms with Crippen LogP contribution in [0.3, 0.4) is 0 Å². The molecule has 2 aliphatic heterocycles. The highest BCUT2D eigenvalue weighted by Crippen LogP contribution is 2.59. The third-order valence-corrected chi connectivity index (χ3v) is 6.61. The summed E-state index contributed by atoms with van der Waals surface area (Å²) in [6, 6.07) is 7.67. The normalized spacial score (nSPS) is 22.9. The quantitative estimate of drug-likeness (QED) is 0.533. The summed E-state index contributed by atoms with van der Waals surface area (Å²) in [6.07, 6.45) is 0.770. The van der Waals surface area contributed by atoms with Gasteiger partial charge in [-0.2, -0.15) is 0 Å². The van der Waals surface area contributed by atoms with E-state index < -0.39 is 17.6 Å². The molecule has 0 saturated carbocycles. The van der Waals surface area contributed by atoms with Crippen molar-refractivity contribution in [2.75, 3.05) is 27.5 Å². The molecule has 0 amide bonds. The van der Waals surface area contributed by atoms with Crippen molar-refractivity contribution in [1.29, 1.82) is 0 Å². The maximum Gasteiger partial charge on any atom is 0.308 e. The number of ether oxygens (including phenoxy) is 5. The van der Waals surface area contributed by atoms with Crippen molar-refractivity contribution >= 4 is 11.9 Å². The number of carbonyl (C=O) groups is 2. The van der Waals surface area contributed by atoms with Crippen LogP contribution in [0.5, 0.6) is 23.0 Å². The molecular weight excluding hydrogens is 414 g/mol. The molecule has 8 heteroatoms. The lowest BCUT2D eigenvalue weighted by molar-refractivity contribution is -0.156. The second kappa shape index (κ2) is 7.41. The van der Waals surface area contributed by atoms with Crippen molar-refractivity contribution in [2.24, 2.45) is 0 Å². The summed E-state index contributed by atoms with van der Waals surface area (Å²) in [5.41, 5.74) is 3.18. The van der Waals surface area contributed by atoms with Crippen LogP contribution in [0.2, 0.25) is 0 Å². The second-order valence-electron chi connectivity index (χ2n) is 8.39. The number of hydrogen-bond donors (Lipinski definition) is 0. The molecule has 0 saturated heterocycles. The van der Waals surface area contributed by atoms with Crippen LogP contribution in [-0.4, -0.2) is 44.3 Å². The van der Waals surface area contributed by atoms with E-state index in [1.165, 1.54) is 13.8 Å². The molecule has 0 radical (unpaired) electrons. The van der Waals surface area contributed by atoms with E-state index in [-0.39, 0.29) is 12.8 Å². The van der Waals surface area contributed by atoms with Gasteiger partial charge in [-0.3, -0.25) is 14.5 Å². The number of benzene rings is 2. The first-order valence-electron chi connectivity index (χ1n) is 10.5. The molecule has 0 bridgehead atoms. The average Bonchev–Trinajstić information content (AvgIpc) is 3.33. The molecule has 3 aliphatic rings. The van der Waals surface area contributed by atoms with Gasteiger partial charge in [-0.1, -0.05) is 6.07 Å². The molecule has 0 fully saturated rings. The number of rotatable bonds is 3. The highest BCUT2D eigenvalue weighted by atomic mass is 16.7. The van der Waals surface area contributed by atoms with Gasteiger partial charge in [0.1, 0.15) is 0 Å². The van der Waals surface area contributed by atoms with Gasteiger partial charge in [0, 0.05) is 26.0 Å². The number of esters is 2. The van der Waals surface area contributed by atoms with Crippen LogP contribution in [0.25, 0.3) is 0 Å². The van der Waals surface area contributed by atoms with E-state index in [1.807, 2.05) is 31.3 Å². The number of likely N-dealkylation sites (N-methyl/N-ethyl adjacent to an activating group) is 1. The largest absolute Gasteiger partial charge is 0.493 e. The molecule has 8 nitrogen and oxygen atoms in total. The first-order chi connectivity index (χ1) is 15.3. The highest BCUT2D eigenvalue weighted by Gasteiger charge is 2.56. The van der Waals surface area contributed by atoms with Crippen molar-refractivity contribution in [3.63, 3.8) is 0 Å². The SMILES string of the molecule is COc1cc2c(cc1OC(C)=O)[C@]1(Cc3ccc4c(c3[C@H]1OC(C)=O)OCO4)N(C)CC2. The van der Waals surface area contributed by atoms with Gasteiger partial charge in [-0.15, -0.1) is 0 Å². The van der Waals surface area contributed by atoms with Crippen LogP contribution in [0.4, 0.5) is 0 Å². The zero-order valence-corrected chi connectivity index (χ0v) is 18.5. The van der Waals surface area contributed by atoms with Gasteiger partial charge < -0.3 is 23.7 Å². The molecule has 5 rings (SSSR count). The summed E-state index contributed by atoms with van der Waals surface area (Å²) in [4.78, 5) is 26.2. The smallest absolute Gasteiger partial charge is 0.308 e. The number of methoxy groups -OCH3 is 1. The van der Waals surface area contributed by atoms with E-state index in [9.17, 15) is 9.59 Å². The average molecular weight is 439 g/mol. The second-order valence-corrected chi connectivity index (χ2v) is 8.39. The molecule has 0 N–H and O–H groups in total. The molecule has 32 heavy (non-hydrogen) atoms. The van der Waals surface area contributed by atoms with Gasteiger partial charge in [0.2, 0.25) is 6.79 Å². The molecule has 2 atom stereocenters. The van der Waals surface area contributed by atoms with E-state index in [2.05, 4.69) is 4.90 Å². The third-order valence-electron chi connectivity index (χ3n) is 6.61. The highest BCUT2D eigenvalue weighted by molar-refractivity contribution is 5.72. The van der Waals surface area contributed by atoms with E-state index in [0.717, 1.165) is 35.2 Å². The lowest BCUT2D eigenvalue weighted by Gasteiger charge is -2.47. The standard InChI is InChI=1S/C24H25NO7/c1-13(26)31-20-10-17-15(9-19(20)28-4)7-8-25(3)24(17)11-16-5-6-18-22(30-12-29-18)21(16)23(24)32-14(2)27/h5-6,9-10,23H,7-8,11-12H2,1-4H3/t23-,24+/m1/s1. The minimum absolute atomic E-state index is 0.131. The van der Waals surface area contributed by atoms with Gasteiger partial charge in [0.05, 0.1) is 12.6 Å². The molecule has 168 valence electrons. The molecule has 1 aliphatic carbocycles. The van der Waals surface area contributed by atoms with Gasteiger partial charge in [-0.25, -0.2) is 0 Å². The fourth-order valence-electron chi connectivity index (χ4n) is 5.29. The van der Waals surface area contributed by atoms with Crippen LogP contribution < -0.4 is 18.9 Å². The number of fused-ring (bicyclic) bond motifs is 5. The Balaban J connectivity index is 1.74. The summed E-state index contributed by atoms with van der Waals surface area (Å²) >= 11 is 0. The van der Waals surface area contributed by atoms with E-state index in [0.29, 0.717) is 29.4 Å². The van der Waals surface area contributed by atoms with Gasteiger partial charge in [-0.05, 0) is 54.8 Å². The molecular formula is C24H25NO7. The molecule has 1 spiro atoms. The van der Waals surface area contributed by atoms with Crippen LogP contribution in [0, 0.1) is 0 Å². The maximum atomic E-state index is 12.3. The minimum Gasteiger partial charge on any atom is -0.493 e. The maximum absolute atomic E-state index is 12.3. The first kappa shape index (κ1) is 20.6. The lowest BCUT2D eigenvalue weighted by atomic mass is 9.76. The van der Waals surface area contributed by atoms with Crippen molar-refractivity contribution in [2.45, 2.75) is 38.3 Å². The third kappa shape index (κ3) is 2.93. The Labute approximate surface area is 186 Å². The van der Waals surface area contributed by atoms with Crippen molar-refractivity contribution in [1.82, 2.24) is 4.90 Å². The minimum atomic E-state index is -0.691. The van der Waals surface area contributed by atoms with Crippen LogP contribution in [0.1, 0.15) is 42.2 Å². The van der Waals surface area contributed by atoms with Crippen molar-refractivity contribution < 1.29 is 33.3 Å². The molecule has 0 unspecified atom stereocenters. The Morgan fingerprint density at radius 3 is 2.62 bits per heavy atom. The lowest BCUT2D eigenvalue weighted by Crippen LogP contribution is -2.52. The van der Waals surface area contributed by atoms with E-state index in [1.54, 1.807) is 7.11 Å². The Hall–Kier alpha value is -3.26. The summed E-state index contributed by atoms with van der Waals surface area (Å²) in [5.74, 6) is 1.29. The van der Waals surface area contributed by atoms with Gasteiger partial charge >= 0.3 is 11.9 Å². The summed E-state index contributed by atoms with van der Waals surface area (Å²) in [6.45, 7) is 3.66. The van der Waals surface area contributed by atoms with Gasteiger partial charge in [0.25, 0.3) is 0 Å². The Bertz CT molecular complexity index is 1130. The van der Waals surface area contributed by atoms with Gasteiger partial charge in [0.15, 0.2) is 29.1 Å². The Kier molecular flexibility index (Phi) is 4.78. The molecule has 2 aromatic rings. The van der Waals surface area contributed by atoms with E-state index >= 15 is 0 Å². The van der Waals surface area contributed by atoms with Crippen molar-refractivity contribution in [3.8, 4) is 23.0 Å². The summed E-state index contributed by atoms with van der Waals surface area (Å²) < 4.78 is 28.4. The first-order valence-corrected chi connectivity index (χ1v) is 10.5. The predicted octanol–water partition coefficient (Wildman–Crippen LogP) is 2.89.